The number of hydrogen-bond donors (Lipinski definition) is 1. The van der Waals surface area contributed by atoms with Gasteiger partial charge in [0.25, 0.3) is 0 Å². The Morgan fingerprint density at radius 2 is 1.61 bits per heavy atom. The molecule has 18 heavy (non-hydrogen) atoms. The van der Waals surface area contributed by atoms with Gasteiger partial charge in [0, 0.05) is 13.1 Å². The van der Waals surface area contributed by atoms with Crippen molar-refractivity contribution >= 4 is 0 Å². The molecule has 0 bridgehead atoms. The number of nitrogens with one attached hydrogen (secondary N) is 1. The van der Waals surface area contributed by atoms with E-state index in [1.54, 1.807) is 7.11 Å². The molecule has 0 atom stereocenters. The van der Waals surface area contributed by atoms with Crippen molar-refractivity contribution in [2.24, 2.45) is 0 Å². The summed E-state index contributed by atoms with van der Waals surface area (Å²) in [6, 6.07) is 16.7. The Morgan fingerprint density at radius 1 is 0.944 bits per heavy atom. The number of rotatable bonds is 5. The molecule has 2 aromatic rings. The normalized spacial score (nSPS) is 10.3. The summed E-state index contributed by atoms with van der Waals surface area (Å²) in [5.74, 6) is 0.907. The van der Waals surface area contributed by atoms with Crippen molar-refractivity contribution in [3.63, 3.8) is 0 Å². The SMILES string of the molecule is COc1cccc(CNCc2cccc(C)c2)c1. The maximum absolute atomic E-state index is 5.21. The van der Waals surface area contributed by atoms with Gasteiger partial charge in [-0.25, -0.2) is 0 Å². The van der Waals surface area contributed by atoms with E-state index in [4.69, 9.17) is 4.74 Å². The number of benzene rings is 2. The van der Waals surface area contributed by atoms with Crippen molar-refractivity contribution in [1.82, 2.24) is 5.32 Å². The molecule has 2 heteroatoms. The fourth-order valence-corrected chi connectivity index (χ4v) is 1.96. The van der Waals surface area contributed by atoms with E-state index in [0.29, 0.717) is 0 Å². The van der Waals surface area contributed by atoms with Crippen LogP contribution in [-0.2, 0) is 13.1 Å². The predicted molar refractivity (Wildman–Crippen MR) is 74.7 cm³/mol. The number of hydrogen-bond acceptors (Lipinski definition) is 2. The summed E-state index contributed by atoms with van der Waals surface area (Å²) < 4.78 is 5.21. The Labute approximate surface area is 109 Å². The van der Waals surface area contributed by atoms with Gasteiger partial charge in [0.15, 0.2) is 0 Å². The highest BCUT2D eigenvalue weighted by Crippen LogP contribution is 2.12. The van der Waals surface area contributed by atoms with Crippen molar-refractivity contribution < 1.29 is 4.74 Å². The topological polar surface area (TPSA) is 21.3 Å². The van der Waals surface area contributed by atoms with E-state index in [0.717, 1.165) is 18.8 Å². The zero-order valence-electron chi connectivity index (χ0n) is 10.9. The Morgan fingerprint density at radius 3 is 2.28 bits per heavy atom. The van der Waals surface area contributed by atoms with Crippen LogP contribution in [0.1, 0.15) is 16.7 Å². The van der Waals surface area contributed by atoms with Crippen LogP contribution in [-0.4, -0.2) is 7.11 Å². The molecule has 0 fully saturated rings. The molecule has 2 rings (SSSR count). The summed E-state index contributed by atoms with van der Waals surface area (Å²) >= 11 is 0. The van der Waals surface area contributed by atoms with E-state index < -0.39 is 0 Å². The molecule has 0 aromatic heterocycles. The molecular weight excluding hydrogens is 222 g/mol. The van der Waals surface area contributed by atoms with Crippen LogP contribution >= 0.6 is 0 Å². The molecule has 0 heterocycles. The molecule has 0 aliphatic heterocycles. The van der Waals surface area contributed by atoms with Gasteiger partial charge in [0.2, 0.25) is 0 Å². The van der Waals surface area contributed by atoms with Gasteiger partial charge in [-0.15, -0.1) is 0 Å². The second-order valence-corrected chi connectivity index (χ2v) is 4.44. The Bertz CT molecular complexity index is 508. The molecule has 0 unspecified atom stereocenters. The van der Waals surface area contributed by atoms with Gasteiger partial charge in [-0.2, -0.15) is 0 Å². The lowest BCUT2D eigenvalue weighted by molar-refractivity contribution is 0.414. The molecule has 0 amide bonds. The van der Waals surface area contributed by atoms with E-state index in [1.807, 2.05) is 12.1 Å². The Kier molecular flexibility index (Phi) is 4.37. The first-order valence-corrected chi connectivity index (χ1v) is 6.17. The maximum Gasteiger partial charge on any atom is 0.119 e. The number of ether oxygens (including phenoxy) is 1. The summed E-state index contributed by atoms with van der Waals surface area (Å²) in [5.41, 5.74) is 3.86. The van der Waals surface area contributed by atoms with Crippen molar-refractivity contribution in [3.05, 3.63) is 65.2 Å². The number of methoxy groups -OCH3 is 1. The third-order valence-corrected chi connectivity index (χ3v) is 2.87. The van der Waals surface area contributed by atoms with Gasteiger partial charge < -0.3 is 10.1 Å². The average molecular weight is 241 g/mol. The van der Waals surface area contributed by atoms with Gasteiger partial charge in [-0.05, 0) is 30.2 Å². The van der Waals surface area contributed by atoms with Crippen LogP contribution in [0, 0.1) is 6.92 Å². The third-order valence-electron chi connectivity index (χ3n) is 2.87. The van der Waals surface area contributed by atoms with Gasteiger partial charge in [-0.3, -0.25) is 0 Å². The van der Waals surface area contributed by atoms with E-state index in [1.165, 1.54) is 16.7 Å². The fraction of sp³-hybridized carbons (Fsp3) is 0.250. The minimum absolute atomic E-state index is 0.852. The molecule has 0 saturated heterocycles. The quantitative estimate of drug-likeness (QED) is 0.867. The van der Waals surface area contributed by atoms with Crippen LogP contribution in [0.4, 0.5) is 0 Å². The van der Waals surface area contributed by atoms with Crippen molar-refractivity contribution in [1.29, 1.82) is 0 Å². The highest BCUT2D eigenvalue weighted by Gasteiger charge is 1.96. The molecule has 0 radical (unpaired) electrons. The first-order valence-electron chi connectivity index (χ1n) is 6.17. The second kappa shape index (κ2) is 6.22. The predicted octanol–water partition coefficient (Wildman–Crippen LogP) is 3.29. The molecule has 94 valence electrons. The molecule has 0 saturated carbocycles. The van der Waals surface area contributed by atoms with Crippen molar-refractivity contribution in [2.75, 3.05) is 7.11 Å². The minimum atomic E-state index is 0.852. The van der Waals surface area contributed by atoms with Crippen LogP contribution < -0.4 is 10.1 Å². The lowest BCUT2D eigenvalue weighted by atomic mass is 10.1. The lowest BCUT2D eigenvalue weighted by Crippen LogP contribution is -2.12. The van der Waals surface area contributed by atoms with E-state index in [2.05, 4.69) is 48.6 Å². The standard InChI is InChI=1S/C16H19NO/c1-13-5-3-6-14(9-13)11-17-12-15-7-4-8-16(10-15)18-2/h3-10,17H,11-12H2,1-2H3. The Balaban J connectivity index is 1.88. The van der Waals surface area contributed by atoms with Gasteiger partial charge in [-0.1, -0.05) is 42.0 Å². The highest BCUT2D eigenvalue weighted by molar-refractivity contribution is 5.28. The molecule has 1 N–H and O–H groups in total. The highest BCUT2D eigenvalue weighted by atomic mass is 16.5. The molecule has 0 aliphatic rings. The molecular formula is C16H19NO. The summed E-state index contributed by atoms with van der Waals surface area (Å²) in [6.07, 6.45) is 0. The van der Waals surface area contributed by atoms with Crippen LogP contribution in [0.2, 0.25) is 0 Å². The number of aryl methyl sites for hydroxylation is 1. The monoisotopic (exact) mass is 241 g/mol. The summed E-state index contributed by atoms with van der Waals surface area (Å²) in [6.45, 7) is 3.86. The van der Waals surface area contributed by atoms with E-state index in [-0.39, 0.29) is 0 Å². The smallest absolute Gasteiger partial charge is 0.119 e. The average Bonchev–Trinajstić information content (AvgIpc) is 2.39. The fourth-order valence-electron chi connectivity index (χ4n) is 1.96. The molecule has 0 aliphatic carbocycles. The van der Waals surface area contributed by atoms with E-state index >= 15 is 0 Å². The minimum Gasteiger partial charge on any atom is -0.497 e. The second-order valence-electron chi connectivity index (χ2n) is 4.44. The van der Waals surface area contributed by atoms with Gasteiger partial charge >= 0.3 is 0 Å². The lowest BCUT2D eigenvalue weighted by Gasteiger charge is -2.07. The van der Waals surface area contributed by atoms with Crippen molar-refractivity contribution in [3.8, 4) is 5.75 Å². The van der Waals surface area contributed by atoms with Crippen LogP contribution in [0.15, 0.2) is 48.5 Å². The summed E-state index contributed by atoms with van der Waals surface area (Å²) in [5, 5.41) is 3.44. The van der Waals surface area contributed by atoms with Gasteiger partial charge in [0.1, 0.15) is 5.75 Å². The third kappa shape index (κ3) is 3.60. The zero-order chi connectivity index (χ0) is 12.8. The molecule has 0 spiro atoms. The summed E-state index contributed by atoms with van der Waals surface area (Å²) in [4.78, 5) is 0. The molecule has 2 aromatic carbocycles. The van der Waals surface area contributed by atoms with Crippen molar-refractivity contribution in [2.45, 2.75) is 20.0 Å². The maximum atomic E-state index is 5.21. The van der Waals surface area contributed by atoms with Crippen LogP contribution in [0.25, 0.3) is 0 Å². The first kappa shape index (κ1) is 12.7. The van der Waals surface area contributed by atoms with Crippen LogP contribution in [0.3, 0.4) is 0 Å². The van der Waals surface area contributed by atoms with Gasteiger partial charge in [0.05, 0.1) is 7.11 Å². The zero-order valence-corrected chi connectivity index (χ0v) is 10.9. The summed E-state index contributed by atoms with van der Waals surface area (Å²) in [7, 11) is 1.69. The Hall–Kier alpha value is -1.80. The largest absolute Gasteiger partial charge is 0.497 e. The first-order chi connectivity index (χ1) is 8.78. The van der Waals surface area contributed by atoms with Crippen LogP contribution in [0.5, 0.6) is 5.75 Å². The van der Waals surface area contributed by atoms with E-state index in [9.17, 15) is 0 Å². The molecule has 2 nitrogen and oxygen atoms in total.